The van der Waals surface area contributed by atoms with E-state index in [1.807, 2.05) is 0 Å². The van der Waals surface area contributed by atoms with Crippen LogP contribution in [0.4, 0.5) is 0 Å². The lowest BCUT2D eigenvalue weighted by Gasteiger charge is -2.40. The first-order chi connectivity index (χ1) is 15.8. The topological polar surface area (TPSA) is 28.5 Å². The lowest BCUT2D eigenvalue weighted by atomic mass is 9.83. The van der Waals surface area contributed by atoms with E-state index < -0.39 is 0 Å². The van der Waals surface area contributed by atoms with Crippen molar-refractivity contribution in [1.82, 2.24) is 14.4 Å². The van der Waals surface area contributed by atoms with Gasteiger partial charge in [0.1, 0.15) is 0 Å². The molecule has 2 fully saturated rings. The molecule has 0 N–H and O–H groups in total. The smallest absolute Gasteiger partial charge is 0.237 e. The second kappa shape index (κ2) is 8.85. The number of aryl methyl sites for hydroxylation is 1. The van der Waals surface area contributed by atoms with E-state index in [4.69, 9.17) is 0 Å². The van der Waals surface area contributed by atoms with Crippen LogP contribution in [0.5, 0.6) is 0 Å². The van der Waals surface area contributed by atoms with Gasteiger partial charge in [-0.1, -0.05) is 38.2 Å². The van der Waals surface area contributed by atoms with E-state index in [-0.39, 0.29) is 6.04 Å². The average molecular weight is 434 g/mol. The number of amides is 1. The minimum Gasteiger partial charge on any atom is -0.341 e. The SMILES string of the molecule is O=C(CN1CCCCCC1)N1CCn2c3c(c4cc(C5CCCCC5)ccc42)CCCC31. The lowest BCUT2D eigenvalue weighted by molar-refractivity contribution is -0.136. The molecule has 1 aromatic carbocycles. The van der Waals surface area contributed by atoms with E-state index in [1.54, 1.807) is 11.1 Å². The molecule has 2 aliphatic carbocycles. The molecule has 2 aliphatic heterocycles. The van der Waals surface area contributed by atoms with Gasteiger partial charge in [-0.15, -0.1) is 0 Å². The number of nitrogens with zero attached hydrogens (tertiary/aromatic N) is 3. The number of aromatic nitrogens is 1. The van der Waals surface area contributed by atoms with E-state index >= 15 is 0 Å². The third-order valence-electron chi connectivity index (χ3n) is 8.85. The highest BCUT2D eigenvalue weighted by Gasteiger charge is 2.37. The van der Waals surface area contributed by atoms with Crippen LogP contribution in [0.15, 0.2) is 18.2 Å². The van der Waals surface area contributed by atoms with Crippen molar-refractivity contribution in [1.29, 1.82) is 0 Å². The summed E-state index contributed by atoms with van der Waals surface area (Å²) in [5, 5.41) is 1.49. The monoisotopic (exact) mass is 433 g/mol. The molecule has 0 spiro atoms. The van der Waals surface area contributed by atoms with E-state index in [2.05, 4.69) is 32.6 Å². The normalized spacial score (nSPS) is 25.0. The second-order valence-electron chi connectivity index (χ2n) is 10.8. The molecule has 1 saturated heterocycles. The molecule has 1 unspecified atom stereocenters. The Labute approximate surface area is 192 Å². The van der Waals surface area contributed by atoms with Gasteiger partial charge in [0.15, 0.2) is 0 Å². The van der Waals surface area contributed by atoms with Gasteiger partial charge >= 0.3 is 0 Å². The fourth-order valence-electron chi connectivity index (χ4n) is 7.19. The third-order valence-corrected chi connectivity index (χ3v) is 8.85. The zero-order valence-corrected chi connectivity index (χ0v) is 19.7. The molecule has 4 nitrogen and oxygen atoms in total. The first-order valence-corrected chi connectivity index (χ1v) is 13.5. The molecular weight excluding hydrogens is 394 g/mol. The third kappa shape index (κ3) is 3.69. The molecule has 2 aromatic rings. The Bertz CT molecular complexity index is 978. The van der Waals surface area contributed by atoms with Gasteiger partial charge in [0.2, 0.25) is 5.91 Å². The van der Waals surface area contributed by atoms with Crippen LogP contribution >= 0.6 is 0 Å². The number of likely N-dealkylation sites (tertiary alicyclic amines) is 1. The molecule has 32 heavy (non-hydrogen) atoms. The number of carbonyl (C=O) groups is 1. The maximum absolute atomic E-state index is 13.4. The number of rotatable bonds is 3. The van der Waals surface area contributed by atoms with E-state index in [1.165, 1.54) is 87.2 Å². The standard InChI is InChI=1S/C28H39N3O/c32-27(20-29-15-6-1-2-7-16-29)30-17-18-31-25-14-13-22(21-9-4-3-5-10-21)19-24(25)23-11-8-12-26(30)28(23)31/h13-14,19,21,26H,1-12,15-18,20H2. The molecule has 172 valence electrons. The first-order valence-electron chi connectivity index (χ1n) is 13.5. The molecule has 4 aliphatic rings. The van der Waals surface area contributed by atoms with Gasteiger partial charge in [-0.3, -0.25) is 9.69 Å². The molecule has 1 saturated carbocycles. The Morgan fingerprint density at radius 1 is 0.844 bits per heavy atom. The fourth-order valence-corrected chi connectivity index (χ4v) is 7.19. The van der Waals surface area contributed by atoms with Gasteiger partial charge in [0.05, 0.1) is 12.6 Å². The van der Waals surface area contributed by atoms with Gasteiger partial charge in [-0.05, 0) is 87.2 Å². The highest BCUT2D eigenvalue weighted by Crippen LogP contribution is 2.44. The number of fused-ring (bicyclic) bond motifs is 3. The maximum Gasteiger partial charge on any atom is 0.237 e. The van der Waals surface area contributed by atoms with Crippen LogP contribution in [0, 0.1) is 0 Å². The van der Waals surface area contributed by atoms with Crippen LogP contribution in [0.25, 0.3) is 10.9 Å². The van der Waals surface area contributed by atoms with E-state index in [9.17, 15) is 4.79 Å². The van der Waals surface area contributed by atoms with Crippen LogP contribution in [-0.2, 0) is 17.8 Å². The number of benzene rings is 1. The largest absolute Gasteiger partial charge is 0.341 e. The lowest BCUT2D eigenvalue weighted by Crippen LogP contribution is -2.47. The van der Waals surface area contributed by atoms with Crippen molar-refractivity contribution in [2.75, 3.05) is 26.2 Å². The zero-order chi connectivity index (χ0) is 21.5. The van der Waals surface area contributed by atoms with Gasteiger partial charge in [0, 0.05) is 29.7 Å². The van der Waals surface area contributed by atoms with E-state index in [0.717, 1.165) is 38.5 Å². The van der Waals surface area contributed by atoms with Gasteiger partial charge in [0.25, 0.3) is 0 Å². The average Bonchev–Trinajstić information content (AvgIpc) is 2.97. The minimum atomic E-state index is 0.289. The summed E-state index contributed by atoms with van der Waals surface area (Å²) >= 11 is 0. The van der Waals surface area contributed by atoms with Crippen LogP contribution in [0.3, 0.4) is 0 Å². The van der Waals surface area contributed by atoms with Crippen LogP contribution in [0.1, 0.15) is 99.4 Å². The Morgan fingerprint density at radius 3 is 2.44 bits per heavy atom. The predicted octanol–water partition coefficient (Wildman–Crippen LogP) is 5.78. The Balaban J connectivity index is 1.29. The molecule has 6 rings (SSSR count). The summed E-state index contributed by atoms with van der Waals surface area (Å²) in [5.41, 5.74) is 6.01. The summed E-state index contributed by atoms with van der Waals surface area (Å²) in [6.07, 6.45) is 15.6. The molecule has 1 amide bonds. The van der Waals surface area contributed by atoms with Crippen molar-refractivity contribution in [2.45, 2.75) is 95.6 Å². The first kappa shape index (κ1) is 20.8. The summed E-state index contributed by atoms with van der Waals surface area (Å²) < 4.78 is 2.58. The summed E-state index contributed by atoms with van der Waals surface area (Å²) in [6, 6.07) is 7.65. The maximum atomic E-state index is 13.4. The molecular formula is C28H39N3O. The van der Waals surface area contributed by atoms with Crippen molar-refractivity contribution in [2.24, 2.45) is 0 Å². The Kier molecular flexibility index (Phi) is 5.75. The predicted molar refractivity (Wildman–Crippen MR) is 130 cm³/mol. The molecule has 3 heterocycles. The van der Waals surface area contributed by atoms with Gasteiger partial charge in [-0.25, -0.2) is 0 Å². The molecule has 4 heteroatoms. The quantitative estimate of drug-likeness (QED) is 0.613. The fraction of sp³-hybridized carbons (Fsp3) is 0.679. The molecule has 0 radical (unpaired) electrons. The van der Waals surface area contributed by atoms with Crippen molar-refractivity contribution < 1.29 is 4.79 Å². The van der Waals surface area contributed by atoms with Crippen LogP contribution < -0.4 is 0 Å². The van der Waals surface area contributed by atoms with E-state index in [0.29, 0.717) is 12.5 Å². The highest BCUT2D eigenvalue weighted by molar-refractivity contribution is 5.88. The summed E-state index contributed by atoms with van der Waals surface area (Å²) in [6.45, 7) is 4.64. The second-order valence-corrected chi connectivity index (χ2v) is 10.8. The van der Waals surface area contributed by atoms with Crippen LogP contribution in [-0.4, -0.2) is 46.5 Å². The van der Waals surface area contributed by atoms with Crippen molar-refractivity contribution in [3.05, 3.63) is 35.0 Å². The minimum absolute atomic E-state index is 0.289. The summed E-state index contributed by atoms with van der Waals surface area (Å²) in [5.74, 6) is 1.12. The van der Waals surface area contributed by atoms with Gasteiger partial charge < -0.3 is 9.47 Å². The number of hydrogen-bond donors (Lipinski definition) is 0. The highest BCUT2D eigenvalue weighted by atomic mass is 16.2. The van der Waals surface area contributed by atoms with Crippen molar-refractivity contribution in [3.63, 3.8) is 0 Å². The van der Waals surface area contributed by atoms with Gasteiger partial charge in [-0.2, -0.15) is 0 Å². The molecule has 1 atom stereocenters. The molecule has 1 aromatic heterocycles. The summed E-state index contributed by atoms with van der Waals surface area (Å²) in [7, 11) is 0. The molecule has 0 bridgehead atoms. The summed E-state index contributed by atoms with van der Waals surface area (Å²) in [4.78, 5) is 18.1. The van der Waals surface area contributed by atoms with Crippen molar-refractivity contribution in [3.8, 4) is 0 Å². The van der Waals surface area contributed by atoms with Crippen molar-refractivity contribution >= 4 is 16.8 Å². The zero-order valence-electron chi connectivity index (χ0n) is 19.7. The number of carbonyl (C=O) groups excluding carboxylic acids is 1. The Hall–Kier alpha value is -1.81. The Morgan fingerprint density at radius 2 is 1.62 bits per heavy atom. The van der Waals surface area contributed by atoms with Crippen LogP contribution in [0.2, 0.25) is 0 Å². The number of hydrogen-bond acceptors (Lipinski definition) is 2.